The molecule has 0 fully saturated rings. The van der Waals surface area contributed by atoms with Crippen LogP contribution < -0.4 is 4.72 Å². The number of sulfonamides is 1. The zero-order chi connectivity index (χ0) is 19.3. The Morgan fingerprint density at radius 2 is 1.37 bits per heavy atom. The van der Waals surface area contributed by atoms with Crippen molar-refractivity contribution in [1.82, 2.24) is 4.72 Å². The van der Waals surface area contributed by atoms with Gasteiger partial charge in [0.25, 0.3) is 10.0 Å². The van der Waals surface area contributed by atoms with Crippen LogP contribution in [0.25, 0.3) is 6.08 Å². The van der Waals surface area contributed by atoms with Gasteiger partial charge >= 0.3 is 0 Å². The van der Waals surface area contributed by atoms with Gasteiger partial charge in [0.15, 0.2) is 0 Å². The molecule has 0 heterocycles. The molecule has 136 valence electrons. The predicted molar refractivity (Wildman–Crippen MR) is 107 cm³/mol. The van der Waals surface area contributed by atoms with Crippen molar-refractivity contribution in [3.8, 4) is 0 Å². The molecule has 3 rings (SSSR count). The Balaban J connectivity index is 2.01. The first-order chi connectivity index (χ1) is 13.0. The quantitative estimate of drug-likeness (QED) is 0.517. The number of rotatable bonds is 6. The molecule has 0 aromatic heterocycles. The summed E-state index contributed by atoms with van der Waals surface area (Å²) >= 11 is 0. The molecule has 0 radical (unpaired) electrons. The molecule has 0 aliphatic carbocycles. The molecule has 0 saturated heterocycles. The Kier molecular flexibility index (Phi) is 5.52. The van der Waals surface area contributed by atoms with Crippen LogP contribution in [0.15, 0.2) is 95.5 Å². The topological polar surface area (TPSA) is 63.2 Å². The fourth-order valence-electron chi connectivity index (χ4n) is 2.52. The van der Waals surface area contributed by atoms with E-state index in [4.69, 9.17) is 0 Å². The lowest BCUT2D eigenvalue weighted by atomic mass is 10.1. The zero-order valence-corrected chi connectivity index (χ0v) is 15.6. The third-order valence-corrected chi connectivity index (χ3v) is 5.35. The molecule has 27 heavy (non-hydrogen) atoms. The maximum absolute atomic E-state index is 12.9. The maximum Gasteiger partial charge on any atom is 0.262 e. The lowest BCUT2D eigenvalue weighted by Crippen LogP contribution is -2.27. The molecule has 0 bridgehead atoms. The number of Topliss-reactive ketones (excluding diaryl/α,β-unsaturated/α-hetero) is 1. The fourth-order valence-corrected chi connectivity index (χ4v) is 3.58. The number of hydrogen-bond acceptors (Lipinski definition) is 3. The highest BCUT2D eigenvalue weighted by atomic mass is 32.2. The summed E-state index contributed by atoms with van der Waals surface area (Å²) in [5, 5.41) is 0. The van der Waals surface area contributed by atoms with E-state index in [-0.39, 0.29) is 10.6 Å². The van der Waals surface area contributed by atoms with Gasteiger partial charge < -0.3 is 0 Å². The smallest absolute Gasteiger partial charge is 0.262 e. The van der Waals surface area contributed by atoms with Gasteiger partial charge in [-0.2, -0.15) is 0 Å². The monoisotopic (exact) mass is 377 g/mol. The van der Waals surface area contributed by atoms with Gasteiger partial charge in [0.05, 0.1) is 10.6 Å². The van der Waals surface area contributed by atoms with Crippen LogP contribution in [0.4, 0.5) is 0 Å². The molecule has 0 atom stereocenters. The standard InChI is InChI=1S/C22H19NO3S/c1-17-12-14-20(15-13-17)27(25,26)23-21(16-18-8-4-2-5-9-18)22(24)19-10-6-3-7-11-19/h2-16,23H,1H3/b21-16+. The average Bonchev–Trinajstić information content (AvgIpc) is 2.68. The molecule has 0 saturated carbocycles. The molecule has 3 aromatic rings. The first-order valence-corrected chi connectivity index (χ1v) is 9.90. The number of nitrogens with one attached hydrogen (secondary N) is 1. The number of hydrogen-bond donors (Lipinski definition) is 1. The summed E-state index contributed by atoms with van der Waals surface area (Å²) in [5.41, 5.74) is 2.08. The van der Waals surface area contributed by atoms with E-state index < -0.39 is 15.8 Å². The predicted octanol–water partition coefficient (Wildman–Crippen LogP) is 4.20. The first-order valence-electron chi connectivity index (χ1n) is 8.42. The van der Waals surface area contributed by atoms with Crippen molar-refractivity contribution in [3.05, 3.63) is 107 Å². The molecule has 5 heteroatoms. The number of allylic oxidation sites excluding steroid dienone is 1. The van der Waals surface area contributed by atoms with Crippen LogP contribution >= 0.6 is 0 Å². The van der Waals surface area contributed by atoms with Crippen molar-refractivity contribution in [3.63, 3.8) is 0 Å². The Morgan fingerprint density at radius 1 is 0.815 bits per heavy atom. The Labute approximate surface area is 159 Å². The van der Waals surface area contributed by atoms with Gasteiger partial charge in [-0.05, 0) is 30.7 Å². The van der Waals surface area contributed by atoms with Crippen molar-refractivity contribution in [2.24, 2.45) is 0 Å². The molecule has 0 unspecified atom stereocenters. The SMILES string of the molecule is Cc1ccc(S(=O)(=O)N/C(=C/c2ccccc2)C(=O)c2ccccc2)cc1. The summed E-state index contributed by atoms with van der Waals surface area (Å²) in [6.07, 6.45) is 1.54. The highest BCUT2D eigenvalue weighted by Crippen LogP contribution is 2.16. The van der Waals surface area contributed by atoms with Crippen molar-refractivity contribution in [2.45, 2.75) is 11.8 Å². The first kappa shape index (κ1) is 18.6. The van der Waals surface area contributed by atoms with Gasteiger partial charge in [0.2, 0.25) is 5.78 Å². The maximum atomic E-state index is 12.9. The molecule has 0 spiro atoms. The third kappa shape index (κ3) is 4.71. The van der Waals surface area contributed by atoms with Crippen LogP contribution in [0.5, 0.6) is 0 Å². The minimum absolute atomic E-state index is 0.00650. The highest BCUT2D eigenvalue weighted by molar-refractivity contribution is 7.89. The van der Waals surface area contributed by atoms with E-state index in [0.29, 0.717) is 5.56 Å². The van der Waals surface area contributed by atoms with Crippen molar-refractivity contribution >= 4 is 21.9 Å². The van der Waals surface area contributed by atoms with Gasteiger partial charge in [-0.3, -0.25) is 9.52 Å². The van der Waals surface area contributed by atoms with Gasteiger partial charge in [-0.15, -0.1) is 0 Å². The van der Waals surface area contributed by atoms with E-state index in [1.165, 1.54) is 12.1 Å². The van der Waals surface area contributed by atoms with Crippen LogP contribution in [0.2, 0.25) is 0 Å². The van der Waals surface area contributed by atoms with Gasteiger partial charge in [0, 0.05) is 5.56 Å². The number of carbonyl (C=O) groups is 1. The summed E-state index contributed by atoms with van der Waals surface area (Å²) in [4.78, 5) is 13.0. The van der Waals surface area contributed by atoms with E-state index in [1.54, 1.807) is 60.7 Å². The summed E-state index contributed by atoms with van der Waals surface area (Å²) < 4.78 is 28.0. The lowest BCUT2D eigenvalue weighted by molar-refractivity contribution is 0.103. The van der Waals surface area contributed by atoms with Crippen molar-refractivity contribution in [1.29, 1.82) is 0 Å². The zero-order valence-electron chi connectivity index (χ0n) is 14.8. The largest absolute Gasteiger partial charge is 0.287 e. The van der Waals surface area contributed by atoms with E-state index in [9.17, 15) is 13.2 Å². The van der Waals surface area contributed by atoms with E-state index in [2.05, 4.69) is 4.72 Å². The summed E-state index contributed by atoms with van der Waals surface area (Å²) in [5.74, 6) is -0.393. The summed E-state index contributed by atoms with van der Waals surface area (Å²) in [6.45, 7) is 1.88. The number of ketones is 1. The van der Waals surface area contributed by atoms with E-state index in [0.717, 1.165) is 11.1 Å². The Bertz CT molecular complexity index is 1060. The van der Waals surface area contributed by atoms with Gasteiger partial charge in [0.1, 0.15) is 0 Å². The molecule has 0 amide bonds. The van der Waals surface area contributed by atoms with Crippen molar-refractivity contribution in [2.75, 3.05) is 0 Å². The van der Waals surface area contributed by atoms with Crippen molar-refractivity contribution < 1.29 is 13.2 Å². The second kappa shape index (κ2) is 8.01. The molecular formula is C22H19NO3S. The van der Waals surface area contributed by atoms with E-state index >= 15 is 0 Å². The van der Waals surface area contributed by atoms with E-state index in [1.807, 2.05) is 25.1 Å². The normalized spacial score (nSPS) is 11.8. The number of carbonyl (C=O) groups excluding carboxylic acids is 1. The van der Waals surface area contributed by atoms with Crippen LogP contribution in [0.1, 0.15) is 21.5 Å². The third-order valence-electron chi connectivity index (χ3n) is 3.97. The number of aryl methyl sites for hydroxylation is 1. The van der Waals surface area contributed by atoms with Crippen LogP contribution in [-0.4, -0.2) is 14.2 Å². The van der Waals surface area contributed by atoms with Crippen LogP contribution in [0.3, 0.4) is 0 Å². The minimum atomic E-state index is -3.89. The molecule has 0 aliphatic heterocycles. The van der Waals surface area contributed by atoms with Gasteiger partial charge in [-0.1, -0.05) is 78.4 Å². The highest BCUT2D eigenvalue weighted by Gasteiger charge is 2.20. The lowest BCUT2D eigenvalue weighted by Gasteiger charge is -2.12. The second-order valence-corrected chi connectivity index (χ2v) is 7.76. The Morgan fingerprint density at radius 3 is 1.96 bits per heavy atom. The molecule has 0 aliphatic rings. The Hall–Kier alpha value is -3.18. The van der Waals surface area contributed by atoms with Crippen LogP contribution in [-0.2, 0) is 10.0 Å². The summed E-state index contributed by atoms with van der Waals surface area (Å²) in [6, 6.07) is 24.2. The fraction of sp³-hybridized carbons (Fsp3) is 0.0455. The minimum Gasteiger partial charge on any atom is -0.287 e. The molecule has 3 aromatic carbocycles. The van der Waals surface area contributed by atoms with Crippen LogP contribution in [0, 0.1) is 6.92 Å². The second-order valence-electron chi connectivity index (χ2n) is 6.08. The number of benzene rings is 3. The van der Waals surface area contributed by atoms with Gasteiger partial charge in [-0.25, -0.2) is 8.42 Å². The average molecular weight is 377 g/mol. The summed E-state index contributed by atoms with van der Waals surface area (Å²) in [7, 11) is -3.89. The molecule has 1 N–H and O–H groups in total. The molecular weight excluding hydrogens is 358 g/mol. The molecule has 4 nitrogen and oxygen atoms in total.